The molecule has 7 nitrogen and oxygen atoms in total. The van der Waals surface area contributed by atoms with E-state index in [9.17, 15) is 0 Å². The lowest BCUT2D eigenvalue weighted by atomic mass is 10.1. The second-order valence-electron chi connectivity index (χ2n) is 5.19. The first-order chi connectivity index (χ1) is 11.2. The van der Waals surface area contributed by atoms with Gasteiger partial charge in [-0.05, 0) is 30.5 Å². The third kappa shape index (κ3) is 3.88. The second kappa shape index (κ2) is 6.80. The maximum Gasteiger partial charge on any atom is 0.173 e. The van der Waals surface area contributed by atoms with E-state index in [1.165, 1.54) is 6.33 Å². The Labute approximate surface area is 138 Å². The average molecular weight is 331 g/mol. The number of rotatable bonds is 6. The minimum atomic E-state index is 0.0594. The summed E-state index contributed by atoms with van der Waals surface area (Å²) in [6, 6.07) is 7.36. The molecule has 0 unspecified atom stereocenters. The molecule has 1 aromatic heterocycles. The van der Waals surface area contributed by atoms with Crippen LogP contribution in [0.25, 0.3) is 11.3 Å². The Kier molecular flexibility index (Phi) is 4.59. The Morgan fingerprint density at radius 2 is 2.17 bits per heavy atom. The summed E-state index contributed by atoms with van der Waals surface area (Å²) in [6.07, 6.45) is 4.04. The van der Waals surface area contributed by atoms with Crippen LogP contribution in [0, 0.1) is 5.53 Å². The number of nitrogens with zero attached hydrogens (tertiary/aromatic N) is 4. The van der Waals surface area contributed by atoms with Crippen molar-refractivity contribution in [3.05, 3.63) is 46.9 Å². The van der Waals surface area contributed by atoms with Crippen LogP contribution >= 0.6 is 11.6 Å². The monoisotopic (exact) mass is 330 g/mol. The molecule has 0 radical (unpaired) electrons. The van der Waals surface area contributed by atoms with Crippen LogP contribution in [-0.4, -0.2) is 21.9 Å². The normalized spacial score (nSPS) is 14.7. The number of halogens is 1. The second-order valence-corrected chi connectivity index (χ2v) is 5.60. The number of hydrogen-bond acceptors (Lipinski definition) is 5. The Hall–Kier alpha value is -2.38. The molecule has 8 heteroatoms. The summed E-state index contributed by atoms with van der Waals surface area (Å²) in [5.41, 5.74) is 15.2. The molecule has 118 valence electrons. The fourth-order valence-corrected chi connectivity index (χ4v) is 2.26. The Morgan fingerprint density at radius 3 is 2.87 bits per heavy atom. The van der Waals surface area contributed by atoms with Gasteiger partial charge in [-0.1, -0.05) is 29.0 Å². The van der Waals surface area contributed by atoms with Gasteiger partial charge in [-0.15, -0.1) is 5.10 Å². The van der Waals surface area contributed by atoms with Crippen LogP contribution in [-0.2, 0) is 11.3 Å². The topological polar surface area (TPSA) is 110 Å². The van der Waals surface area contributed by atoms with Crippen LogP contribution in [0.3, 0.4) is 0 Å². The van der Waals surface area contributed by atoms with E-state index in [-0.39, 0.29) is 5.84 Å². The van der Waals surface area contributed by atoms with Gasteiger partial charge in [0.05, 0.1) is 18.4 Å². The number of benzene rings is 1. The molecule has 1 heterocycles. The van der Waals surface area contributed by atoms with Gasteiger partial charge in [0, 0.05) is 10.6 Å². The van der Waals surface area contributed by atoms with Crippen LogP contribution in [0.2, 0.25) is 5.02 Å². The number of hydrogen-bond donors (Lipinski definition) is 2. The van der Waals surface area contributed by atoms with Crippen LogP contribution in [0.15, 0.2) is 40.9 Å². The lowest BCUT2D eigenvalue weighted by Gasteiger charge is -2.08. The first kappa shape index (κ1) is 15.5. The van der Waals surface area contributed by atoms with E-state index in [4.69, 9.17) is 27.6 Å². The first-order valence-electron chi connectivity index (χ1n) is 7.10. The maximum absolute atomic E-state index is 6.71. The highest BCUT2D eigenvalue weighted by atomic mass is 35.5. The van der Waals surface area contributed by atoms with Crippen molar-refractivity contribution in [3.8, 4) is 11.3 Å². The van der Waals surface area contributed by atoms with Gasteiger partial charge in [-0.25, -0.2) is 9.97 Å². The predicted molar refractivity (Wildman–Crippen MR) is 86.2 cm³/mol. The van der Waals surface area contributed by atoms with Crippen molar-refractivity contribution in [2.75, 3.05) is 0 Å². The van der Waals surface area contributed by atoms with Gasteiger partial charge in [0.2, 0.25) is 0 Å². The highest BCUT2D eigenvalue weighted by Crippen LogP contribution is 2.28. The molecule has 1 saturated carbocycles. The van der Waals surface area contributed by atoms with Crippen molar-refractivity contribution >= 4 is 17.4 Å². The van der Waals surface area contributed by atoms with E-state index in [1.54, 1.807) is 6.07 Å². The van der Waals surface area contributed by atoms with Gasteiger partial charge < -0.3 is 10.5 Å². The van der Waals surface area contributed by atoms with Gasteiger partial charge in [0.15, 0.2) is 5.84 Å². The maximum atomic E-state index is 6.71. The highest BCUT2D eigenvalue weighted by Gasteiger charge is 2.22. The molecule has 0 amide bonds. The van der Waals surface area contributed by atoms with E-state index < -0.39 is 0 Å². The summed E-state index contributed by atoms with van der Waals surface area (Å²) >= 11 is 6.32. The van der Waals surface area contributed by atoms with Gasteiger partial charge >= 0.3 is 0 Å². The largest absolute Gasteiger partial charge is 0.380 e. The van der Waals surface area contributed by atoms with E-state index in [1.807, 2.05) is 18.2 Å². The fraction of sp³-hybridized carbons (Fsp3) is 0.267. The third-order valence-electron chi connectivity index (χ3n) is 3.43. The molecule has 0 saturated heterocycles. The minimum absolute atomic E-state index is 0.0594. The summed E-state index contributed by atoms with van der Waals surface area (Å²) in [6.45, 7) is 0.517. The Bertz CT molecular complexity index is 759. The lowest BCUT2D eigenvalue weighted by Crippen LogP contribution is -2.14. The number of ether oxygens (including phenoxy) is 1. The fourth-order valence-electron chi connectivity index (χ4n) is 2.03. The van der Waals surface area contributed by atoms with Crippen molar-refractivity contribution < 1.29 is 4.74 Å². The molecule has 3 N–H and O–H groups in total. The van der Waals surface area contributed by atoms with E-state index in [0.29, 0.717) is 29.1 Å². The number of amidine groups is 1. The number of nitrogens with one attached hydrogen (secondary N) is 1. The summed E-state index contributed by atoms with van der Waals surface area (Å²) in [5.74, 6) is 0.0594. The first-order valence-corrected chi connectivity index (χ1v) is 7.48. The molecular weight excluding hydrogens is 316 g/mol. The zero-order valence-corrected chi connectivity index (χ0v) is 13.0. The van der Waals surface area contributed by atoms with Gasteiger partial charge in [-0.3, -0.25) is 0 Å². The standard InChI is InChI=1S/C15H15ClN6O/c16-12-5-9(1-2-10(12)7-23-11-3-4-11)13-6-14(20-8-19-13)15(17)21-22-18/h1-2,5-6,8,11H,3-4,7H2,(H3,17,18,21). The summed E-state index contributed by atoms with van der Waals surface area (Å²) in [7, 11) is 0. The lowest BCUT2D eigenvalue weighted by molar-refractivity contribution is 0.106. The summed E-state index contributed by atoms with van der Waals surface area (Å²) < 4.78 is 5.67. The number of nitrogens with two attached hydrogens (primary N) is 1. The molecule has 0 atom stereocenters. The Morgan fingerprint density at radius 1 is 1.35 bits per heavy atom. The van der Waals surface area contributed by atoms with Crippen LogP contribution in [0.4, 0.5) is 0 Å². The molecule has 3 rings (SSSR count). The molecule has 0 aliphatic heterocycles. The van der Waals surface area contributed by atoms with Crippen LogP contribution in [0.1, 0.15) is 24.1 Å². The molecule has 1 fully saturated rings. The van der Waals surface area contributed by atoms with E-state index in [2.05, 4.69) is 20.3 Å². The summed E-state index contributed by atoms with van der Waals surface area (Å²) in [4.78, 5) is 8.23. The SMILES string of the molecule is N=NN=C(N)c1cc(-c2ccc(COC3CC3)c(Cl)c2)ncn1. The van der Waals surface area contributed by atoms with Crippen molar-refractivity contribution in [2.24, 2.45) is 16.1 Å². The molecule has 1 aliphatic carbocycles. The smallest absolute Gasteiger partial charge is 0.173 e. The molecule has 1 aliphatic rings. The molecule has 1 aromatic carbocycles. The molecule has 23 heavy (non-hydrogen) atoms. The van der Waals surface area contributed by atoms with Crippen molar-refractivity contribution in [1.82, 2.24) is 9.97 Å². The van der Waals surface area contributed by atoms with Gasteiger partial charge in [0.1, 0.15) is 12.0 Å². The van der Waals surface area contributed by atoms with Gasteiger partial charge in [-0.2, -0.15) is 5.53 Å². The minimum Gasteiger partial charge on any atom is -0.380 e. The van der Waals surface area contributed by atoms with Crippen molar-refractivity contribution in [2.45, 2.75) is 25.6 Å². The predicted octanol–water partition coefficient (Wildman–Crippen LogP) is 3.13. The van der Waals surface area contributed by atoms with Crippen molar-refractivity contribution in [1.29, 1.82) is 5.53 Å². The van der Waals surface area contributed by atoms with Crippen molar-refractivity contribution in [3.63, 3.8) is 0 Å². The van der Waals surface area contributed by atoms with Crippen LogP contribution in [0.5, 0.6) is 0 Å². The number of aromatic nitrogens is 2. The highest BCUT2D eigenvalue weighted by molar-refractivity contribution is 6.31. The van der Waals surface area contributed by atoms with E-state index in [0.717, 1.165) is 24.0 Å². The van der Waals surface area contributed by atoms with Crippen LogP contribution < -0.4 is 5.73 Å². The quantitative estimate of drug-likeness (QED) is 0.367. The third-order valence-corrected chi connectivity index (χ3v) is 3.79. The zero-order chi connectivity index (χ0) is 16.2. The average Bonchev–Trinajstić information content (AvgIpc) is 3.38. The summed E-state index contributed by atoms with van der Waals surface area (Å²) in [5, 5.41) is 6.99. The molecular formula is C15H15ClN6O. The zero-order valence-electron chi connectivity index (χ0n) is 12.2. The van der Waals surface area contributed by atoms with Gasteiger partial charge in [0.25, 0.3) is 0 Å². The van der Waals surface area contributed by atoms with E-state index >= 15 is 0 Å². The molecule has 0 spiro atoms. The Balaban J connectivity index is 1.83. The molecule has 0 bridgehead atoms. The molecule has 2 aromatic rings.